The molecule has 1 saturated heterocycles. The maximum Gasteiger partial charge on any atom is 0.307 e. The summed E-state index contributed by atoms with van der Waals surface area (Å²) in [5.74, 6) is -2.41. The number of hydrogen-bond acceptors (Lipinski definition) is 5. The van der Waals surface area contributed by atoms with E-state index in [0.29, 0.717) is 29.9 Å². The van der Waals surface area contributed by atoms with Crippen molar-refractivity contribution in [1.29, 1.82) is 0 Å². The van der Waals surface area contributed by atoms with Gasteiger partial charge in [-0.25, -0.2) is 8.78 Å². The zero-order valence-electron chi connectivity index (χ0n) is 19.1. The number of fused-ring (bicyclic) bond motifs is 1. The number of piperidine rings is 1. The van der Waals surface area contributed by atoms with Gasteiger partial charge < -0.3 is 15.2 Å². The quantitative estimate of drug-likeness (QED) is 0.289. The van der Waals surface area contributed by atoms with E-state index in [-0.39, 0.29) is 24.2 Å². The highest BCUT2D eigenvalue weighted by Gasteiger charge is 2.59. The molecular weight excluding hydrogens is 452 g/mol. The molecule has 5 rings (SSSR count). The molecule has 1 unspecified atom stereocenters. The molecule has 180 valence electrons. The van der Waals surface area contributed by atoms with E-state index >= 15 is 0 Å². The minimum atomic E-state index is -0.718. The largest absolute Gasteiger partial charge is 0.481 e. The van der Waals surface area contributed by atoms with E-state index in [1.807, 2.05) is 31.2 Å². The zero-order valence-corrected chi connectivity index (χ0v) is 19.1. The summed E-state index contributed by atoms with van der Waals surface area (Å²) in [7, 11) is 0. The van der Waals surface area contributed by atoms with Crippen LogP contribution in [0.15, 0.2) is 65.9 Å². The second-order valence-electron chi connectivity index (χ2n) is 9.34. The molecule has 1 aliphatic carbocycles. The number of carboxylic acids is 1. The van der Waals surface area contributed by atoms with Crippen LogP contribution in [-0.2, 0) is 4.79 Å². The molecule has 1 aromatic heterocycles. The average molecular weight is 478 g/mol. The lowest BCUT2D eigenvalue weighted by Crippen LogP contribution is -2.25. The number of halogens is 2. The van der Waals surface area contributed by atoms with Crippen molar-refractivity contribution in [3.63, 3.8) is 0 Å². The number of nitrogens with zero attached hydrogens (tertiary/aromatic N) is 3. The number of aliphatic carboxylic acids is 1. The van der Waals surface area contributed by atoms with Gasteiger partial charge in [0.25, 0.3) is 0 Å². The molecule has 2 heterocycles. The number of aromatic nitrogens is 1. The van der Waals surface area contributed by atoms with Crippen LogP contribution in [0.4, 0.5) is 14.5 Å². The third kappa shape index (κ3) is 4.48. The van der Waals surface area contributed by atoms with Crippen molar-refractivity contribution in [3.8, 4) is 0 Å². The Labute approximate surface area is 201 Å². The predicted octanol–water partition coefficient (Wildman–Crippen LogP) is 4.84. The Kier molecular flexibility index (Phi) is 5.96. The summed E-state index contributed by atoms with van der Waals surface area (Å²) >= 11 is 0. The smallest absolute Gasteiger partial charge is 0.307 e. The number of anilines is 1. The molecule has 4 atom stereocenters. The number of hydrogen-bond donors (Lipinski definition) is 2. The first kappa shape index (κ1) is 23.0. The van der Waals surface area contributed by atoms with Crippen LogP contribution in [-0.4, -0.2) is 40.1 Å². The van der Waals surface area contributed by atoms with Gasteiger partial charge in [-0.2, -0.15) is 0 Å². The SMILES string of the molecule is Cc1cc(/C(C[C@H](c2ccc(N3C[C@@H]4C(C(=O)O)[C@@H]4C3)cc2)c2ccc(F)cc2F)=N\O)ccn1. The number of pyridine rings is 1. The molecule has 0 bridgehead atoms. The van der Waals surface area contributed by atoms with Gasteiger partial charge in [-0.05, 0) is 60.2 Å². The van der Waals surface area contributed by atoms with E-state index in [2.05, 4.69) is 15.0 Å². The van der Waals surface area contributed by atoms with Crippen molar-refractivity contribution in [2.45, 2.75) is 19.3 Å². The summed E-state index contributed by atoms with van der Waals surface area (Å²) in [4.78, 5) is 17.6. The Morgan fingerprint density at radius 3 is 2.43 bits per heavy atom. The van der Waals surface area contributed by atoms with Crippen molar-refractivity contribution in [2.75, 3.05) is 18.0 Å². The van der Waals surface area contributed by atoms with Gasteiger partial charge in [0, 0.05) is 54.6 Å². The lowest BCUT2D eigenvalue weighted by Gasteiger charge is -2.24. The summed E-state index contributed by atoms with van der Waals surface area (Å²) in [6.45, 7) is 3.24. The van der Waals surface area contributed by atoms with Crippen LogP contribution in [0.25, 0.3) is 0 Å². The van der Waals surface area contributed by atoms with Gasteiger partial charge in [-0.1, -0.05) is 23.4 Å². The maximum atomic E-state index is 14.9. The van der Waals surface area contributed by atoms with Crippen LogP contribution in [0.1, 0.15) is 34.7 Å². The molecule has 2 N–H and O–H groups in total. The molecule has 2 fully saturated rings. The average Bonchev–Trinajstić information content (AvgIpc) is 3.35. The molecule has 8 heteroatoms. The number of benzene rings is 2. The van der Waals surface area contributed by atoms with Gasteiger partial charge in [0.15, 0.2) is 0 Å². The molecule has 1 aliphatic heterocycles. The minimum absolute atomic E-state index is 0.190. The molecule has 35 heavy (non-hydrogen) atoms. The van der Waals surface area contributed by atoms with E-state index in [0.717, 1.165) is 23.0 Å². The second-order valence-corrected chi connectivity index (χ2v) is 9.34. The van der Waals surface area contributed by atoms with Gasteiger partial charge in [-0.15, -0.1) is 0 Å². The third-order valence-corrected chi connectivity index (χ3v) is 7.23. The third-order valence-electron chi connectivity index (χ3n) is 7.23. The van der Waals surface area contributed by atoms with Crippen molar-refractivity contribution in [1.82, 2.24) is 4.98 Å². The molecule has 2 aromatic carbocycles. The highest BCUT2D eigenvalue weighted by molar-refractivity contribution is 6.01. The summed E-state index contributed by atoms with van der Waals surface area (Å²) in [5, 5.41) is 22.5. The number of carbonyl (C=O) groups is 1. The fourth-order valence-corrected chi connectivity index (χ4v) is 5.35. The van der Waals surface area contributed by atoms with Gasteiger partial charge in [0.2, 0.25) is 0 Å². The minimum Gasteiger partial charge on any atom is -0.481 e. The lowest BCUT2D eigenvalue weighted by molar-refractivity contribution is -0.139. The Morgan fingerprint density at radius 2 is 1.83 bits per heavy atom. The van der Waals surface area contributed by atoms with Gasteiger partial charge >= 0.3 is 5.97 Å². The molecule has 0 radical (unpaired) electrons. The van der Waals surface area contributed by atoms with Crippen molar-refractivity contribution < 1.29 is 23.9 Å². The van der Waals surface area contributed by atoms with Crippen LogP contribution in [0, 0.1) is 36.3 Å². The zero-order chi connectivity index (χ0) is 24.7. The number of rotatable bonds is 7. The summed E-state index contributed by atoms with van der Waals surface area (Å²) in [6, 6.07) is 14.7. The monoisotopic (exact) mass is 477 g/mol. The van der Waals surface area contributed by atoms with Crippen molar-refractivity contribution in [2.24, 2.45) is 22.9 Å². The van der Waals surface area contributed by atoms with Crippen LogP contribution in [0.3, 0.4) is 0 Å². The predicted molar refractivity (Wildman–Crippen MR) is 127 cm³/mol. The first-order valence-corrected chi connectivity index (χ1v) is 11.5. The molecule has 2 aliphatic rings. The topological polar surface area (TPSA) is 86.0 Å². The van der Waals surface area contributed by atoms with E-state index in [1.54, 1.807) is 18.3 Å². The van der Waals surface area contributed by atoms with Gasteiger partial charge in [-0.3, -0.25) is 9.78 Å². The highest BCUT2D eigenvalue weighted by Crippen LogP contribution is 2.52. The van der Waals surface area contributed by atoms with E-state index < -0.39 is 23.5 Å². The van der Waals surface area contributed by atoms with Crippen LogP contribution >= 0.6 is 0 Å². The lowest BCUT2D eigenvalue weighted by atomic mass is 9.85. The van der Waals surface area contributed by atoms with Crippen LogP contribution < -0.4 is 4.90 Å². The molecule has 0 spiro atoms. The standard InChI is InChI=1S/C27H25F2N3O3/c1-15-10-17(8-9-30-15)25(31-35)12-21(20-7-4-18(28)11-24(20)29)16-2-5-19(6-3-16)32-13-22-23(14-32)26(22)27(33)34/h2-11,21-23,26,35H,12-14H2,1H3,(H,33,34)/b31-25-/t21-,22-,23+,26?/m1/s1. The number of aryl methyl sites for hydroxylation is 1. The number of oxime groups is 1. The van der Waals surface area contributed by atoms with E-state index in [1.165, 1.54) is 12.1 Å². The van der Waals surface area contributed by atoms with Crippen LogP contribution in [0.5, 0.6) is 0 Å². The van der Waals surface area contributed by atoms with Crippen LogP contribution in [0.2, 0.25) is 0 Å². The molecule has 0 amide bonds. The van der Waals surface area contributed by atoms with E-state index in [9.17, 15) is 23.9 Å². The second kappa shape index (κ2) is 9.09. The van der Waals surface area contributed by atoms with Crippen molar-refractivity contribution >= 4 is 17.4 Å². The summed E-state index contributed by atoms with van der Waals surface area (Å²) in [6.07, 6.45) is 1.81. The fourth-order valence-electron chi connectivity index (χ4n) is 5.35. The Balaban J connectivity index is 1.43. The summed E-state index contributed by atoms with van der Waals surface area (Å²) < 4.78 is 28.5. The van der Waals surface area contributed by atoms with Gasteiger partial charge in [0.05, 0.1) is 11.6 Å². The van der Waals surface area contributed by atoms with E-state index in [4.69, 9.17) is 0 Å². The molecule has 1 saturated carbocycles. The normalized spacial score (nSPS) is 22.1. The first-order valence-electron chi connectivity index (χ1n) is 11.5. The Hall–Kier alpha value is -3.81. The summed E-state index contributed by atoms with van der Waals surface area (Å²) in [5.41, 5.74) is 3.87. The fraction of sp³-hybridized carbons (Fsp3) is 0.296. The molecule has 3 aromatic rings. The molecule has 6 nitrogen and oxygen atoms in total. The number of carboxylic acid groups (broad SMARTS) is 1. The highest BCUT2D eigenvalue weighted by atomic mass is 19.1. The van der Waals surface area contributed by atoms with Gasteiger partial charge in [0.1, 0.15) is 11.6 Å². The Bertz CT molecular complexity index is 1280. The maximum absolute atomic E-state index is 14.9. The Morgan fingerprint density at radius 1 is 1.11 bits per heavy atom. The first-order chi connectivity index (χ1) is 16.9. The molecular formula is C27H25F2N3O3. The van der Waals surface area contributed by atoms with Crippen molar-refractivity contribution in [3.05, 3.63) is 94.8 Å².